The Balaban J connectivity index is 1.31. The van der Waals surface area contributed by atoms with Gasteiger partial charge in [-0.2, -0.15) is 0 Å². The van der Waals surface area contributed by atoms with Crippen molar-refractivity contribution in [1.82, 2.24) is 4.98 Å². The third kappa shape index (κ3) is 8.02. The number of hydrogen-bond acceptors (Lipinski definition) is 5. The van der Waals surface area contributed by atoms with Crippen LogP contribution in [-0.2, 0) is 11.2 Å². The average molecular weight is 718 g/mol. The highest BCUT2D eigenvalue weighted by Gasteiger charge is 2.28. The molecule has 55 heavy (non-hydrogen) atoms. The molecule has 5 heteroatoms. The molecular formula is C50H43N3O2. The maximum Gasteiger partial charge on any atom is 0.235 e. The van der Waals surface area contributed by atoms with Crippen LogP contribution < -0.4 is 4.74 Å². The van der Waals surface area contributed by atoms with E-state index in [1.807, 2.05) is 31.2 Å². The van der Waals surface area contributed by atoms with Gasteiger partial charge in [0.1, 0.15) is 18.1 Å². The van der Waals surface area contributed by atoms with Gasteiger partial charge < -0.3 is 9.47 Å². The lowest BCUT2D eigenvalue weighted by molar-refractivity contribution is 0.316. The minimum absolute atomic E-state index is 0.0443. The number of aromatic nitrogens is 1. The molecular weight excluding hydrogens is 675 g/mol. The molecule has 1 atom stereocenters. The third-order valence-electron chi connectivity index (χ3n) is 10.2. The third-order valence-corrected chi connectivity index (χ3v) is 10.2. The van der Waals surface area contributed by atoms with Gasteiger partial charge in [0, 0.05) is 11.8 Å². The monoisotopic (exact) mass is 717 g/mol. The second-order valence-corrected chi connectivity index (χ2v) is 13.9. The number of nitrogens with zero attached hydrogens (tertiary/aromatic N) is 3. The number of pyridine rings is 1. The van der Waals surface area contributed by atoms with E-state index in [2.05, 4.69) is 158 Å². The molecule has 1 aliphatic heterocycles. The zero-order valence-electron chi connectivity index (χ0n) is 31.1. The van der Waals surface area contributed by atoms with Crippen LogP contribution in [-0.4, -0.2) is 36.4 Å². The Morgan fingerprint density at radius 1 is 0.636 bits per heavy atom. The van der Waals surface area contributed by atoms with Crippen molar-refractivity contribution in [3.63, 3.8) is 0 Å². The molecule has 1 aliphatic rings. The summed E-state index contributed by atoms with van der Waals surface area (Å²) < 4.78 is 12.2. The van der Waals surface area contributed by atoms with Crippen LogP contribution in [0.2, 0.25) is 0 Å². The Hall–Kier alpha value is -6.59. The molecule has 0 spiro atoms. The van der Waals surface area contributed by atoms with Crippen molar-refractivity contribution in [2.75, 3.05) is 13.7 Å². The summed E-state index contributed by atoms with van der Waals surface area (Å²) in [5, 5.41) is 0. The van der Waals surface area contributed by atoms with E-state index in [4.69, 9.17) is 24.4 Å². The second kappa shape index (κ2) is 16.6. The average Bonchev–Trinajstić information content (AvgIpc) is 3.72. The highest BCUT2D eigenvalue weighted by Crippen LogP contribution is 2.47. The first kappa shape index (κ1) is 35.4. The summed E-state index contributed by atoms with van der Waals surface area (Å²) in [5.41, 5.74) is 11.1. The number of benzene rings is 6. The lowest BCUT2D eigenvalue weighted by Crippen LogP contribution is -2.11. The van der Waals surface area contributed by atoms with Gasteiger partial charge in [-0.1, -0.05) is 158 Å². The Morgan fingerprint density at radius 3 is 1.58 bits per heavy atom. The molecule has 0 aliphatic carbocycles. The predicted molar refractivity (Wildman–Crippen MR) is 223 cm³/mol. The van der Waals surface area contributed by atoms with Crippen molar-refractivity contribution in [2.24, 2.45) is 9.98 Å². The van der Waals surface area contributed by atoms with Gasteiger partial charge in [-0.25, -0.2) is 9.98 Å². The molecule has 6 aromatic carbocycles. The summed E-state index contributed by atoms with van der Waals surface area (Å²) in [5.74, 6) is 1.09. The summed E-state index contributed by atoms with van der Waals surface area (Å²) in [7, 11) is 1.74. The standard InChI is InChI=1S/C50H43N3O2/c1-35(45-29-18-30-46(53-45)50-52-41(34-55-50)31-36-19-8-3-9-20-36)51-49-43(47(37-21-10-4-11-22-37)38-23-12-5-13-24-38)32-42(54-2)33-44(49)48(39-25-14-6-15-26-39)40-27-16-7-17-28-40/h3-30,32-33,41,47-48H,31,34H2,1-2H3/t41-/m0/s1. The van der Waals surface area contributed by atoms with Crippen molar-refractivity contribution in [2.45, 2.75) is 31.2 Å². The van der Waals surface area contributed by atoms with Crippen LogP contribution in [0.15, 0.2) is 192 Å². The number of rotatable bonds is 12. The molecule has 0 amide bonds. The molecule has 5 nitrogen and oxygen atoms in total. The van der Waals surface area contributed by atoms with Crippen LogP contribution in [0.4, 0.5) is 5.69 Å². The van der Waals surface area contributed by atoms with Crippen LogP contribution in [0.25, 0.3) is 0 Å². The van der Waals surface area contributed by atoms with E-state index in [9.17, 15) is 0 Å². The van der Waals surface area contributed by atoms with E-state index < -0.39 is 0 Å². The first-order valence-corrected chi connectivity index (χ1v) is 18.8. The largest absolute Gasteiger partial charge is 0.497 e. The molecule has 8 rings (SSSR count). The summed E-state index contributed by atoms with van der Waals surface area (Å²) in [6.45, 7) is 2.57. The van der Waals surface area contributed by atoms with Crippen LogP contribution >= 0.6 is 0 Å². The van der Waals surface area contributed by atoms with E-state index in [0.717, 1.165) is 40.4 Å². The minimum atomic E-state index is -0.128. The number of hydrogen-bond donors (Lipinski definition) is 0. The van der Waals surface area contributed by atoms with Gasteiger partial charge in [-0.05, 0) is 76.6 Å². The Morgan fingerprint density at radius 2 is 1.11 bits per heavy atom. The Bertz CT molecular complexity index is 2210. The first-order chi connectivity index (χ1) is 27.1. The van der Waals surface area contributed by atoms with E-state index >= 15 is 0 Å². The van der Waals surface area contributed by atoms with Gasteiger partial charge in [-0.3, -0.25) is 4.99 Å². The maximum absolute atomic E-state index is 6.13. The molecule has 0 saturated carbocycles. The zero-order chi connectivity index (χ0) is 37.4. The van der Waals surface area contributed by atoms with E-state index in [0.29, 0.717) is 18.2 Å². The maximum atomic E-state index is 6.13. The highest BCUT2D eigenvalue weighted by atomic mass is 16.5. The lowest BCUT2D eigenvalue weighted by atomic mass is 9.79. The zero-order valence-corrected chi connectivity index (χ0v) is 31.1. The number of ether oxygens (including phenoxy) is 2. The fraction of sp³-hybridized carbons (Fsp3) is 0.140. The van der Waals surface area contributed by atoms with Crippen molar-refractivity contribution in [3.05, 3.63) is 232 Å². The molecule has 2 heterocycles. The van der Waals surface area contributed by atoms with Gasteiger partial charge >= 0.3 is 0 Å². The van der Waals surface area contributed by atoms with Crippen LogP contribution in [0.3, 0.4) is 0 Å². The fourth-order valence-corrected chi connectivity index (χ4v) is 7.55. The Kier molecular flexibility index (Phi) is 10.7. The van der Waals surface area contributed by atoms with Crippen LogP contribution in [0, 0.1) is 0 Å². The van der Waals surface area contributed by atoms with Gasteiger partial charge in [0.2, 0.25) is 5.90 Å². The Labute approximate surface area is 323 Å². The summed E-state index contributed by atoms with van der Waals surface area (Å²) in [4.78, 5) is 15.6. The van der Waals surface area contributed by atoms with Gasteiger partial charge in [0.15, 0.2) is 0 Å². The molecule has 0 saturated heterocycles. The minimum Gasteiger partial charge on any atom is -0.497 e. The van der Waals surface area contributed by atoms with Crippen molar-refractivity contribution in [3.8, 4) is 5.75 Å². The van der Waals surface area contributed by atoms with Crippen molar-refractivity contribution < 1.29 is 9.47 Å². The molecule has 0 bridgehead atoms. The van der Waals surface area contributed by atoms with E-state index in [1.54, 1.807) is 7.11 Å². The number of methoxy groups -OCH3 is 1. The SMILES string of the molecule is COc1cc(C(c2ccccc2)c2ccccc2)c(N=C(C)c2cccc(C3=N[C@@H](Cc4ccccc4)CO3)n2)c(C(c2ccccc2)c2ccccc2)c1. The molecule has 270 valence electrons. The summed E-state index contributed by atoms with van der Waals surface area (Å²) >= 11 is 0. The second-order valence-electron chi connectivity index (χ2n) is 13.9. The molecule has 1 aromatic heterocycles. The van der Waals surface area contributed by atoms with E-state index in [1.165, 1.54) is 27.8 Å². The molecule has 0 fully saturated rings. The predicted octanol–water partition coefficient (Wildman–Crippen LogP) is 11.0. The molecule has 0 unspecified atom stereocenters. The van der Waals surface area contributed by atoms with Crippen LogP contribution in [0.1, 0.15) is 69.1 Å². The summed E-state index contributed by atoms with van der Waals surface area (Å²) in [6.07, 6.45) is 0.821. The number of aliphatic imine (C=N–C) groups is 2. The van der Waals surface area contributed by atoms with Crippen LogP contribution in [0.5, 0.6) is 5.75 Å². The van der Waals surface area contributed by atoms with Gasteiger partial charge in [0.25, 0.3) is 0 Å². The van der Waals surface area contributed by atoms with Gasteiger partial charge in [0.05, 0.1) is 30.2 Å². The topological polar surface area (TPSA) is 56.1 Å². The summed E-state index contributed by atoms with van der Waals surface area (Å²) in [6, 6.07) is 63.4. The molecule has 0 N–H and O–H groups in total. The molecule has 0 radical (unpaired) electrons. The van der Waals surface area contributed by atoms with Crippen molar-refractivity contribution >= 4 is 17.3 Å². The fourth-order valence-electron chi connectivity index (χ4n) is 7.55. The van der Waals surface area contributed by atoms with Crippen molar-refractivity contribution in [1.29, 1.82) is 0 Å². The normalized spacial score (nSPS) is 14.1. The highest BCUT2D eigenvalue weighted by molar-refractivity contribution is 6.01. The smallest absolute Gasteiger partial charge is 0.235 e. The first-order valence-electron chi connectivity index (χ1n) is 18.8. The lowest BCUT2D eigenvalue weighted by Gasteiger charge is -2.27. The van der Waals surface area contributed by atoms with E-state index in [-0.39, 0.29) is 17.9 Å². The van der Waals surface area contributed by atoms with Gasteiger partial charge in [-0.15, -0.1) is 0 Å². The quantitative estimate of drug-likeness (QED) is 0.0934. The molecule has 7 aromatic rings.